The zero-order valence-electron chi connectivity index (χ0n) is 15.6. The van der Waals surface area contributed by atoms with Crippen molar-refractivity contribution in [2.45, 2.75) is 26.1 Å². The van der Waals surface area contributed by atoms with Gasteiger partial charge in [-0.05, 0) is 18.6 Å². The lowest BCUT2D eigenvalue weighted by Gasteiger charge is -2.31. The summed E-state index contributed by atoms with van der Waals surface area (Å²) in [5.41, 5.74) is 3.00. The van der Waals surface area contributed by atoms with E-state index >= 15 is 0 Å². The molecule has 0 spiro atoms. The van der Waals surface area contributed by atoms with Gasteiger partial charge in [-0.2, -0.15) is 18.3 Å². The summed E-state index contributed by atoms with van der Waals surface area (Å²) in [5, 5.41) is 7.14. The number of hydrogen-bond donors (Lipinski definition) is 1. The highest BCUT2D eigenvalue weighted by Gasteiger charge is 2.36. The quantitative estimate of drug-likeness (QED) is 0.644. The normalized spacial score (nSPS) is 14.1. The lowest BCUT2D eigenvalue weighted by atomic mass is 10.0. The summed E-state index contributed by atoms with van der Waals surface area (Å²) in [4.78, 5) is 13.4. The van der Waals surface area contributed by atoms with Crippen LogP contribution in [0.15, 0.2) is 24.5 Å². The lowest BCUT2D eigenvalue weighted by molar-refractivity contribution is -0.144. The Balaban J connectivity index is 1.64. The number of aryl methyl sites for hydroxylation is 1. The summed E-state index contributed by atoms with van der Waals surface area (Å²) in [6.45, 7) is 2.47. The molecule has 29 heavy (non-hydrogen) atoms. The first-order chi connectivity index (χ1) is 13.7. The number of halogens is 4. The number of alkyl halides is 3. The number of hydrogen-bond acceptors (Lipinski definition) is 6. The molecule has 0 radical (unpaired) electrons. The van der Waals surface area contributed by atoms with Crippen molar-refractivity contribution in [3.8, 4) is 0 Å². The molecule has 0 aromatic carbocycles. The minimum Gasteiger partial charge on any atom is -0.351 e. The molecule has 0 fully saturated rings. The zero-order valence-corrected chi connectivity index (χ0v) is 16.4. The Hall–Kier alpha value is -2.88. The smallest absolute Gasteiger partial charge is 0.351 e. The minimum atomic E-state index is -4.67. The summed E-state index contributed by atoms with van der Waals surface area (Å²) in [6.07, 6.45) is -0.670. The van der Waals surface area contributed by atoms with Crippen LogP contribution in [-0.4, -0.2) is 31.3 Å². The molecule has 152 valence electrons. The first kappa shape index (κ1) is 19.4. The fourth-order valence-electron chi connectivity index (χ4n) is 3.23. The molecule has 0 atom stereocenters. The van der Waals surface area contributed by atoms with Crippen LogP contribution < -0.4 is 10.2 Å². The van der Waals surface area contributed by atoms with E-state index in [1.807, 2.05) is 19.2 Å². The van der Waals surface area contributed by atoms with Gasteiger partial charge in [0.1, 0.15) is 16.8 Å². The van der Waals surface area contributed by atoms with E-state index in [0.29, 0.717) is 25.1 Å². The Labute approximate surface area is 169 Å². The highest BCUT2D eigenvalue weighted by Crippen LogP contribution is 2.33. The van der Waals surface area contributed by atoms with Crippen LogP contribution in [0.2, 0.25) is 5.15 Å². The summed E-state index contributed by atoms with van der Waals surface area (Å²) >= 11 is 5.96. The van der Waals surface area contributed by atoms with Crippen LogP contribution in [0.5, 0.6) is 0 Å². The van der Waals surface area contributed by atoms with Crippen molar-refractivity contribution in [1.82, 2.24) is 24.7 Å². The van der Waals surface area contributed by atoms with Crippen molar-refractivity contribution >= 4 is 28.9 Å². The molecule has 0 saturated carbocycles. The molecule has 1 N–H and O–H groups in total. The van der Waals surface area contributed by atoms with Crippen LogP contribution in [-0.2, 0) is 26.2 Å². The van der Waals surface area contributed by atoms with Gasteiger partial charge < -0.3 is 10.2 Å². The molecule has 1 aliphatic rings. The average Bonchev–Trinajstić information content (AvgIpc) is 3.07. The monoisotopic (exact) mass is 423 g/mol. The van der Waals surface area contributed by atoms with Crippen molar-refractivity contribution in [1.29, 1.82) is 0 Å². The first-order valence-electron chi connectivity index (χ1n) is 8.81. The van der Waals surface area contributed by atoms with E-state index in [9.17, 15) is 13.2 Å². The second kappa shape index (κ2) is 7.18. The number of anilines is 3. The second-order valence-corrected chi connectivity index (χ2v) is 7.11. The van der Waals surface area contributed by atoms with Gasteiger partial charge >= 0.3 is 6.18 Å². The number of nitrogens with zero attached hydrogens (tertiary/aromatic N) is 6. The van der Waals surface area contributed by atoms with E-state index < -0.39 is 12.0 Å². The highest BCUT2D eigenvalue weighted by atomic mass is 35.5. The van der Waals surface area contributed by atoms with Gasteiger partial charge in [-0.15, -0.1) is 0 Å². The molecule has 0 aliphatic carbocycles. The highest BCUT2D eigenvalue weighted by molar-refractivity contribution is 6.30. The molecule has 3 aromatic rings. The molecule has 1 aliphatic heterocycles. The minimum absolute atomic E-state index is 0.188. The summed E-state index contributed by atoms with van der Waals surface area (Å²) in [6, 6.07) is 3.76. The van der Waals surface area contributed by atoms with Gasteiger partial charge in [0.2, 0.25) is 5.82 Å². The van der Waals surface area contributed by atoms with Gasteiger partial charge in [0.15, 0.2) is 0 Å². The van der Waals surface area contributed by atoms with Crippen LogP contribution in [0.25, 0.3) is 0 Å². The number of fused-ring (bicyclic) bond motifs is 1. The van der Waals surface area contributed by atoms with Gasteiger partial charge in [0.05, 0.1) is 18.1 Å². The molecule has 0 bridgehead atoms. The first-order valence-corrected chi connectivity index (χ1v) is 9.19. The SMILES string of the molecule is Cc1c(Cl)nc(C(F)(F)F)nc1N1CCc2ncc(Nc3ccnn3C)cc2C1. The largest absolute Gasteiger partial charge is 0.451 e. The Bertz CT molecular complexity index is 1060. The van der Waals surface area contributed by atoms with Crippen molar-refractivity contribution in [3.05, 3.63) is 52.3 Å². The molecular weight excluding hydrogens is 407 g/mol. The van der Waals surface area contributed by atoms with Crippen molar-refractivity contribution < 1.29 is 13.2 Å². The predicted octanol–water partition coefficient (Wildman–Crippen LogP) is 3.89. The third-order valence-electron chi connectivity index (χ3n) is 4.75. The van der Waals surface area contributed by atoms with E-state index in [2.05, 4.69) is 25.4 Å². The topological polar surface area (TPSA) is 71.8 Å². The Morgan fingerprint density at radius 2 is 2.03 bits per heavy atom. The molecule has 11 heteroatoms. The fourth-order valence-corrected chi connectivity index (χ4v) is 3.40. The fraction of sp³-hybridized carbons (Fsp3) is 0.333. The van der Waals surface area contributed by atoms with Crippen molar-refractivity contribution in [3.63, 3.8) is 0 Å². The van der Waals surface area contributed by atoms with Gasteiger partial charge in [0.25, 0.3) is 0 Å². The van der Waals surface area contributed by atoms with Crippen molar-refractivity contribution in [2.75, 3.05) is 16.8 Å². The Morgan fingerprint density at radius 3 is 2.72 bits per heavy atom. The lowest BCUT2D eigenvalue weighted by Crippen LogP contribution is -2.33. The number of nitrogens with one attached hydrogen (secondary N) is 1. The molecule has 4 rings (SSSR count). The third-order valence-corrected chi connectivity index (χ3v) is 5.11. The Morgan fingerprint density at radius 1 is 1.24 bits per heavy atom. The van der Waals surface area contributed by atoms with Crippen LogP contribution in [0.1, 0.15) is 22.6 Å². The van der Waals surface area contributed by atoms with E-state index in [4.69, 9.17) is 11.6 Å². The maximum atomic E-state index is 13.1. The molecule has 0 amide bonds. The summed E-state index contributed by atoms with van der Waals surface area (Å²) in [7, 11) is 1.82. The van der Waals surface area contributed by atoms with Crippen LogP contribution in [0.3, 0.4) is 0 Å². The van der Waals surface area contributed by atoms with E-state index in [-0.39, 0.29) is 11.0 Å². The molecule has 3 aromatic heterocycles. The van der Waals surface area contributed by atoms with Gasteiger partial charge in [-0.25, -0.2) is 9.97 Å². The summed E-state index contributed by atoms with van der Waals surface area (Å²) in [5.74, 6) is -0.251. The van der Waals surface area contributed by atoms with Gasteiger partial charge in [-0.3, -0.25) is 9.67 Å². The second-order valence-electron chi connectivity index (χ2n) is 6.75. The van der Waals surface area contributed by atoms with Crippen molar-refractivity contribution in [2.24, 2.45) is 7.05 Å². The Kier molecular flexibility index (Phi) is 4.81. The maximum absolute atomic E-state index is 13.1. The molecule has 0 unspecified atom stereocenters. The number of aromatic nitrogens is 5. The molecule has 7 nitrogen and oxygen atoms in total. The van der Waals surface area contributed by atoms with E-state index in [1.54, 1.807) is 28.9 Å². The number of pyridine rings is 1. The molecular formula is C18H17ClF3N7. The molecule has 4 heterocycles. The van der Waals surface area contributed by atoms with Crippen LogP contribution >= 0.6 is 11.6 Å². The zero-order chi connectivity index (χ0) is 20.8. The summed E-state index contributed by atoms with van der Waals surface area (Å²) < 4.78 is 41.1. The predicted molar refractivity (Wildman–Crippen MR) is 102 cm³/mol. The molecule has 0 saturated heterocycles. The van der Waals surface area contributed by atoms with Crippen LogP contribution in [0.4, 0.5) is 30.5 Å². The van der Waals surface area contributed by atoms with Gasteiger partial charge in [-0.1, -0.05) is 11.6 Å². The standard InChI is InChI=1S/C18H17ClF3N7/c1-10-15(19)26-17(18(20,21)22)27-16(10)29-6-4-13-11(9-29)7-12(8-23-13)25-14-3-5-24-28(14)2/h3,5,7-8,25H,4,6,9H2,1-2H3. The van der Waals surface area contributed by atoms with E-state index in [0.717, 1.165) is 22.8 Å². The maximum Gasteiger partial charge on any atom is 0.451 e. The average molecular weight is 424 g/mol. The van der Waals surface area contributed by atoms with Gasteiger partial charge in [0, 0.05) is 43.9 Å². The van der Waals surface area contributed by atoms with Crippen LogP contribution in [0, 0.1) is 6.92 Å². The third kappa shape index (κ3) is 3.84. The number of rotatable bonds is 3. The van der Waals surface area contributed by atoms with E-state index in [1.165, 1.54) is 0 Å².